The van der Waals surface area contributed by atoms with Gasteiger partial charge in [-0.2, -0.15) is 5.26 Å². The molecule has 1 fully saturated rings. The van der Waals surface area contributed by atoms with Gasteiger partial charge in [0.05, 0.1) is 22.8 Å². The molecule has 0 bridgehead atoms. The van der Waals surface area contributed by atoms with E-state index in [2.05, 4.69) is 6.07 Å². The quantitative estimate of drug-likeness (QED) is 0.217. The SMILES string of the molecule is CC(=O)c1ccc(OCc2ccc(C(OC3CCCCO3)c3cccc(C#N)c3)cc2)c(-c2ccc(F)cc2)c1O. The fourth-order valence-corrected chi connectivity index (χ4v) is 4.91. The number of carbonyl (C=O) groups excluding carboxylic acids is 1. The lowest BCUT2D eigenvalue weighted by molar-refractivity contribution is -0.181. The van der Waals surface area contributed by atoms with Crippen molar-refractivity contribution in [1.82, 2.24) is 0 Å². The first-order valence-corrected chi connectivity index (χ1v) is 13.5. The van der Waals surface area contributed by atoms with E-state index in [-0.39, 0.29) is 30.0 Å². The minimum absolute atomic E-state index is 0.162. The van der Waals surface area contributed by atoms with Crippen LogP contribution in [-0.4, -0.2) is 23.8 Å². The van der Waals surface area contributed by atoms with Crippen LogP contribution in [0.1, 0.15) is 64.9 Å². The van der Waals surface area contributed by atoms with Crippen LogP contribution in [0.25, 0.3) is 11.1 Å². The van der Waals surface area contributed by atoms with Crippen molar-refractivity contribution in [2.24, 2.45) is 0 Å². The molecule has 4 aromatic carbocycles. The van der Waals surface area contributed by atoms with Gasteiger partial charge in [-0.25, -0.2) is 4.39 Å². The summed E-state index contributed by atoms with van der Waals surface area (Å²) in [6.45, 7) is 2.22. The summed E-state index contributed by atoms with van der Waals surface area (Å²) in [6, 6.07) is 26.2. The number of benzene rings is 4. The molecule has 0 spiro atoms. The van der Waals surface area contributed by atoms with Gasteiger partial charge in [0.15, 0.2) is 12.1 Å². The minimum Gasteiger partial charge on any atom is -0.506 e. The Morgan fingerprint density at radius 1 is 1.05 bits per heavy atom. The Kier molecular flexibility index (Phi) is 8.73. The third-order valence-electron chi connectivity index (χ3n) is 7.07. The number of aromatic hydroxyl groups is 1. The van der Waals surface area contributed by atoms with Crippen molar-refractivity contribution in [3.8, 4) is 28.7 Å². The van der Waals surface area contributed by atoms with Crippen LogP contribution in [0.4, 0.5) is 4.39 Å². The van der Waals surface area contributed by atoms with E-state index in [1.807, 2.05) is 42.5 Å². The Morgan fingerprint density at radius 2 is 1.83 bits per heavy atom. The third kappa shape index (κ3) is 6.63. The number of Topliss-reactive ketones (excluding diaryl/α,β-unsaturated/α-hetero) is 1. The minimum atomic E-state index is -0.414. The smallest absolute Gasteiger partial charge is 0.163 e. The molecule has 6 nitrogen and oxygen atoms in total. The summed E-state index contributed by atoms with van der Waals surface area (Å²) in [4.78, 5) is 12.1. The number of rotatable bonds is 9. The van der Waals surface area contributed by atoms with Crippen molar-refractivity contribution in [2.75, 3.05) is 6.61 Å². The van der Waals surface area contributed by atoms with E-state index >= 15 is 0 Å². The van der Waals surface area contributed by atoms with Gasteiger partial charge in [-0.15, -0.1) is 0 Å². The average Bonchev–Trinajstić information content (AvgIpc) is 3.00. The number of nitriles is 1. The Bertz CT molecular complexity index is 1550. The number of halogens is 1. The van der Waals surface area contributed by atoms with Gasteiger partial charge in [-0.1, -0.05) is 48.5 Å². The molecule has 1 saturated heterocycles. The lowest BCUT2D eigenvalue weighted by Crippen LogP contribution is -2.25. The summed E-state index contributed by atoms with van der Waals surface area (Å²) in [5.74, 6) is -0.535. The van der Waals surface area contributed by atoms with Crippen molar-refractivity contribution in [1.29, 1.82) is 5.26 Å². The Morgan fingerprint density at radius 3 is 2.51 bits per heavy atom. The fourth-order valence-electron chi connectivity index (χ4n) is 4.91. The molecule has 0 amide bonds. The largest absolute Gasteiger partial charge is 0.506 e. The molecule has 5 rings (SSSR count). The van der Waals surface area contributed by atoms with Crippen molar-refractivity contribution in [3.63, 3.8) is 0 Å². The van der Waals surface area contributed by atoms with Crippen molar-refractivity contribution < 1.29 is 28.5 Å². The Hall–Kier alpha value is -4.51. The van der Waals surface area contributed by atoms with E-state index in [9.17, 15) is 19.6 Å². The second kappa shape index (κ2) is 12.8. The maximum Gasteiger partial charge on any atom is 0.163 e. The standard InChI is InChI=1S/C34H30FNO5/c1-22(37)29-16-17-30(32(33(29)38)25-12-14-28(35)15-13-25)40-21-23-8-10-26(11-9-23)34(41-31-7-2-3-18-39-31)27-6-4-5-24(19-27)20-36/h4-6,8-17,19,31,34,38H,2-3,7,18,21H2,1H3. The summed E-state index contributed by atoms with van der Waals surface area (Å²) in [6.07, 6.45) is 2.13. The molecule has 0 aromatic heterocycles. The van der Waals surface area contributed by atoms with E-state index in [4.69, 9.17) is 14.2 Å². The van der Waals surface area contributed by atoms with Gasteiger partial charge in [0.25, 0.3) is 0 Å². The normalized spacial score (nSPS) is 15.6. The lowest BCUT2D eigenvalue weighted by Gasteiger charge is -2.28. The molecule has 0 radical (unpaired) electrons. The van der Waals surface area contributed by atoms with Gasteiger partial charge in [0, 0.05) is 6.61 Å². The summed E-state index contributed by atoms with van der Waals surface area (Å²) in [5, 5.41) is 20.3. The summed E-state index contributed by atoms with van der Waals surface area (Å²) < 4.78 is 31.9. The number of carbonyl (C=O) groups is 1. The molecule has 41 heavy (non-hydrogen) atoms. The molecule has 1 aliphatic heterocycles. The highest BCUT2D eigenvalue weighted by Crippen LogP contribution is 2.41. The number of nitrogens with zero attached hydrogens (tertiary/aromatic N) is 1. The Balaban J connectivity index is 1.39. The first-order chi connectivity index (χ1) is 19.9. The average molecular weight is 552 g/mol. The van der Waals surface area contributed by atoms with Gasteiger partial charge in [0.1, 0.15) is 30.0 Å². The molecule has 0 saturated carbocycles. The van der Waals surface area contributed by atoms with Gasteiger partial charge < -0.3 is 19.3 Å². The van der Waals surface area contributed by atoms with Gasteiger partial charge in [-0.3, -0.25) is 4.79 Å². The first-order valence-electron chi connectivity index (χ1n) is 13.5. The van der Waals surface area contributed by atoms with Crippen LogP contribution in [0, 0.1) is 17.1 Å². The number of ether oxygens (including phenoxy) is 3. The number of hydrogen-bond donors (Lipinski definition) is 1. The highest BCUT2D eigenvalue weighted by molar-refractivity contribution is 6.00. The highest BCUT2D eigenvalue weighted by Gasteiger charge is 2.23. The number of phenolic OH excluding ortho intramolecular Hbond substituents is 1. The van der Waals surface area contributed by atoms with E-state index < -0.39 is 11.9 Å². The molecule has 7 heteroatoms. The maximum absolute atomic E-state index is 13.6. The molecule has 1 aliphatic rings. The van der Waals surface area contributed by atoms with E-state index in [0.717, 1.165) is 36.0 Å². The molecule has 208 valence electrons. The van der Waals surface area contributed by atoms with Crippen molar-refractivity contribution >= 4 is 5.78 Å². The van der Waals surface area contributed by atoms with E-state index in [1.165, 1.54) is 37.3 Å². The molecule has 1 N–H and O–H groups in total. The molecule has 2 atom stereocenters. The van der Waals surface area contributed by atoms with Crippen LogP contribution in [-0.2, 0) is 16.1 Å². The lowest BCUT2D eigenvalue weighted by atomic mass is 9.98. The van der Waals surface area contributed by atoms with Crippen LogP contribution in [0.15, 0.2) is 84.9 Å². The topological polar surface area (TPSA) is 88.8 Å². The van der Waals surface area contributed by atoms with Crippen LogP contribution < -0.4 is 4.74 Å². The number of phenols is 1. The van der Waals surface area contributed by atoms with Crippen LogP contribution in [0.3, 0.4) is 0 Å². The van der Waals surface area contributed by atoms with E-state index in [1.54, 1.807) is 12.1 Å². The van der Waals surface area contributed by atoms with Gasteiger partial charge in [0.2, 0.25) is 0 Å². The zero-order chi connectivity index (χ0) is 28.8. The zero-order valence-electron chi connectivity index (χ0n) is 22.7. The molecular formula is C34H30FNO5. The fraction of sp³-hybridized carbons (Fsp3) is 0.235. The van der Waals surface area contributed by atoms with Crippen LogP contribution in [0.5, 0.6) is 11.5 Å². The predicted octanol–water partition coefficient (Wildman–Crippen LogP) is 7.48. The second-order valence-electron chi connectivity index (χ2n) is 9.98. The van der Waals surface area contributed by atoms with Gasteiger partial charge >= 0.3 is 0 Å². The molecule has 1 heterocycles. The second-order valence-corrected chi connectivity index (χ2v) is 9.98. The maximum atomic E-state index is 13.6. The number of hydrogen-bond acceptors (Lipinski definition) is 6. The summed E-state index contributed by atoms with van der Waals surface area (Å²) >= 11 is 0. The molecule has 4 aromatic rings. The monoisotopic (exact) mass is 551 g/mol. The van der Waals surface area contributed by atoms with Crippen molar-refractivity contribution in [2.45, 2.75) is 45.2 Å². The molecule has 0 aliphatic carbocycles. The highest BCUT2D eigenvalue weighted by atomic mass is 19.1. The summed E-state index contributed by atoms with van der Waals surface area (Å²) in [5.41, 5.74) is 4.22. The first kappa shape index (κ1) is 28.0. The zero-order valence-corrected chi connectivity index (χ0v) is 22.7. The predicted molar refractivity (Wildman–Crippen MR) is 152 cm³/mol. The van der Waals surface area contributed by atoms with Gasteiger partial charge in [-0.05, 0) is 84.8 Å². The van der Waals surface area contributed by atoms with Crippen LogP contribution >= 0.6 is 0 Å². The summed E-state index contributed by atoms with van der Waals surface area (Å²) in [7, 11) is 0. The third-order valence-corrected chi connectivity index (χ3v) is 7.07. The molecular weight excluding hydrogens is 521 g/mol. The van der Waals surface area contributed by atoms with Crippen LogP contribution in [0.2, 0.25) is 0 Å². The molecule has 2 unspecified atom stereocenters. The number of ketones is 1. The van der Waals surface area contributed by atoms with E-state index in [0.29, 0.717) is 29.0 Å². The van der Waals surface area contributed by atoms with Crippen molar-refractivity contribution in [3.05, 3.63) is 119 Å². The Labute approximate surface area is 238 Å².